The first-order chi connectivity index (χ1) is 28.5. The highest BCUT2D eigenvalue weighted by Crippen LogP contribution is 2.27. The Morgan fingerprint density at radius 1 is 0.650 bits per heavy atom. The predicted octanol–water partition coefficient (Wildman–Crippen LogP) is 3.77. The van der Waals surface area contributed by atoms with E-state index in [0.29, 0.717) is 39.3 Å². The van der Waals surface area contributed by atoms with Gasteiger partial charge in [0.05, 0.1) is 39.6 Å². The maximum atomic E-state index is 13.6. The number of rotatable bonds is 38. The van der Waals surface area contributed by atoms with Crippen LogP contribution in [0, 0.1) is 24.7 Å². The summed E-state index contributed by atoms with van der Waals surface area (Å²) >= 11 is 1.30. The van der Waals surface area contributed by atoms with Crippen LogP contribution in [0.1, 0.15) is 126 Å². The predicted molar refractivity (Wildman–Crippen MR) is 235 cm³/mol. The molecule has 0 fully saturated rings. The molecule has 0 heterocycles. The summed E-state index contributed by atoms with van der Waals surface area (Å²) in [4.78, 5) is 65.1. The fourth-order valence-electron chi connectivity index (χ4n) is 6.19. The maximum Gasteiger partial charge on any atom is 0.220 e. The third-order valence-electron chi connectivity index (χ3n) is 9.15. The summed E-state index contributed by atoms with van der Waals surface area (Å²) in [5.74, 6) is 3.70. The summed E-state index contributed by atoms with van der Waals surface area (Å²) in [5.41, 5.74) is 1.43. The number of ketones is 1. The quantitative estimate of drug-likeness (QED) is 0.0261. The molecule has 0 aromatic carbocycles. The summed E-state index contributed by atoms with van der Waals surface area (Å²) in [7, 11) is 0. The molecule has 0 aliphatic carbocycles. The molecule has 0 saturated carbocycles. The van der Waals surface area contributed by atoms with Crippen LogP contribution in [0.5, 0.6) is 0 Å². The van der Waals surface area contributed by atoms with E-state index in [0.717, 1.165) is 0 Å². The molecule has 60 heavy (non-hydrogen) atoms. The van der Waals surface area contributed by atoms with E-state index in [-0.39, 0.29) is 144 Å². The van der Waals surface area contributed by atoms with Gasteiger partial charge >= 0.3 is 0 Å². The van der Waals surface area contributed by atoms with Crippen LogP contribution in [0.3, 0.4) is 0 Å². The monoisotopic (exact) mass is 869 g/mol. The molecule has 5 N–H and O–H groups in total. The Morgan fingerprint density at radius 2 is 1.12 bits per heavy atom. The Bertz CT molecular complexity index is 1270. The molecule has 1 unspecified atom stereocenters. The Hall–Kier alpha value is -3.26. The van der Waals surface area contributed by atoms with E-state index in [1.54, 1.807) is 6.92 Å². The lowest BCUT2D eigenvalue weighted by molar-refractivity contribution is -0.127. The SMILES string of the molecule is C#CCOCCOCCNC(=O)CCC(CCC(=O)CC)(CCC(=O)NCCOCCOCC#C)NC(=O)CCCC(=O)NC(C)(C)CC(C)SONN(C(C)C)C(C)C. The van der Waals surface area contributed by atoms with Gasteiger partial charge in [0.1, 0.15) is 19.0 Å². The summed E-state index contributed by atoms with van der Waals surface area (Å²) < 4.78 is 27.0. The molecule has 0 rings (SSSR count). The molecule has 0 aromatic heterocycles. The largest absolute Gasteiger partial charge is 0.377 e. The van der Waals surface area contributed by atoms with Crippen LogP contribution < -0.4 is 26.9 Å². The fourth-order valence-corrected chi connectivity index (χ4v) is 6.97. The smallest absolute Gasteiger partial charge is 0.220 e. The fraction of sp³-hybridized carbons (Fsp3) is 0.791. The number of nitrogens with one attached hydrogen (secondary N) is 5. The van der Waals surface area contributed by atoms with Crippen molar-refractivity contribution >= 4 is 41.5 Å². The van der Waals surface area contributed by atoms with E-state index in [4.69, 9.17) is 36.1 Å². The van der Waals surface area contributed by atoms with Crippen LogP contribution in [0.2, 0.25) is 0 Å². The molecule has 0 aliphatic heterocycles. The van der Waals surface area contributed by atoms with Gasteiger partial charge in [0.2, 0.25) is 23.6 Å². The lowest BCUT2D eigenvalue weighted by Crippen LogP contribution is -2.50. The second-order valence-corrected chi connectivity index (χ2v) is 17.0. The van der Waals surface area contributed by atoms with Crippen LogP contribution in [0.25, 0.3) is 0 Å². The van der Waals surface area contributed by atoms with Gasteiger partial charge in [-0.15, -0.1) is 18.4 Å². The lowest BCUT2D eigenvalue weighted by Gasteiger charge is -2.35. The minimum atomic E-state index is -1.04. The number of carbonyl (C=O) groups excluding carboxylic acids is 5. The van der Waals surface area contributed by atoms with Gasteiger partial charge in [0.15, 0.2) is 0 Å². The Morgan fingerprint density at radius 3 is 1.58 bits per heavy atom. The van der Waals surface area contributed by atoms with Gasteiger partial charge < -0.3 is 40.2 Å². The van der Waals surface area contributed by atoms with E-state index in [2.05, 4.69) is 66.4 Å². The Balaban J connectivity index is 5.48. The first-order valence-corrected chi connectivity index (χ1v) is 22.0. The molecule has 0 aliphatic rings. The molecular formula is C43H76N6O10S. The van der Waals surface area contributed by atoms with Gasteiger partial charge in [0, 0.05) is 92.1 Å². The van der Waals surface area contributed by atoms with Crippen molar-refractivity contribution in [1.82, 2.24) is 31.9 Å². The molecule has 0 aromatic rings. The van der Waals surface area contributed by atoms with Crippen molar-refractivity contribution in [1.29, 1.82) is 0 Å². The first kappa shape index (κ1) is 56.7. The third kappa shape index (κ3) is 30.7. The van der Waals surface area contributed by atoms with Crippen LogP contribution in [-0.4, -0.2) is 129 Å². The van der Waals surface area contributed by atoms with Crippen LogP contribution >= 0.6 is 12.0 Å². The molecule has 17 heteroatoms. The van der Waals surface area contributed by atoms with Crippen molar-refractivity contribution in [2.75, 3.05) is 65.9 Å². The third-order valence-corrected chi connectivity index (χ3v) is 9.81. The Labute approximate surface area is 364 Å². The number of carbonyl (C=O) groups is 5. The molecule has 344 valence electrons. The van der Waals surface area contributed by atoms with Crippen molar-refractivity contribution < 1.29 is 47.2 Å². The van der Waals surface area contributed by atoms with Crippen molar-refractivity contribution in [3.63, 3.8) is 0 Å². The number of terminal acetylenes is 2. The van der Waals surface area contributed by atoms with E-state index in [1.807, 2.05) is 25.8 Å². The minimum Gasteiger partial charge on any atom is -0.377 e. The van der Waals surface area contributed by atoms with Crippen molar-refractivity contribution in [3.8, 4) is 24.7 Å². The number of nitrogens with zero attached hydrogens (tertiary/aromatic N) is 1. The van der Waals surface area contributed by atoms with E-state index < -0.39 is 11.1 Å². The Kier molecular flexibility index (Phi) is 32.5. The van der Waals surface area contributed by atoms with Gasteiger partial charge in [-0.05, 0) is 73.6 Å². The highest BCUT2D eigenvalue weighted by atomic mass is 32.2. The lowest BCUT2D eigenvalue weighted by atomic mass is 9.82. The molecule has 4 amide bonds. The van der Waals surface area contributed by atoms with Crippen LogP contribution in [0.4, 0.5) is 0 Å². The topological polar surface area (TPSA) is 195 Å². The molecule has 1 atom stereocenters. The van der Waals surface area contributed by atoms with Crippen molar-refractivity contribution in [2.24, 2.45) is 0 Å². The molecular weight excluding hydrogens is 793 g/mol. The van der Waals surface area contributed by atoms with Gasteiger partial charge in [-0.2, -0.15) is 0 Å². The summed E-state index contributed by atoms with van der Waals surface area (Å²) in [5, 5.41) is 13.9. The van der Waals surface area contributed by atoms with E-state index >= 15 is 0 Å². The van der Waals surface area contributed by atoms with E-state index in [1.165, 1.54) is 12.0 Å². The van der Waals surface area contributed by atoms with Crippen LogP contribution in [0.15, 0.2) is 0 Å². The summed E-state index contributed by atoms with van der Waals surface area (Å²) in [6, 6.07) is 0.499. The standard InChI is InChI=1S/C43H76N6O10S/c1-11-25-55-29-31-57-27-23-44-38(51)18-21-43(20-17-37(50)13-3,22-19-39(52)45-24-28-58-32-30-56-26-12-2)47-41(54)16-14-15-40(53)46-42(9,10)33-36(8)60-59-48-49(34(4)5)35(6)7/h1-2,34-36,48H,13-33H2,3-10H3,(H,44,51)(H,45,52)(H,46,53)(H,47,54). The number of ether oxygens (including phenoxy) is 4. The number of Topliss-reactive ketones (excluding diaryl/α,β-unsaturated/α-hetero) is 1. The zero-order valence-electron chi connectivity index (χ0n) is 37.7. The average Bonchev–Trinajstić information content (AvgIpc) is 3.18. The summed E-state index contributed by atoms with van der Waals surface area (Å²) in [6.45, 7) is 18.8. The number of hydrazine groups is 1. The van der Waals surface area contributed by atoms with Gasteiger partial charge in [-0.25, -0.2) is 9.29 Å². The number of amides is 4. The van der Waals surface area contributed by atoms with Crippen molar-refractivity contribution in [3.05, 3.63) is 0 Å². The average molecular weight is 869 g/mol. The minimum absolute atomic E-state index is 0.00260. The summed E-state index contributed by atoms with van der Waals surface area (Å²) in [6.07, 6.45) is 12.6. The van der Waals surface area contributed by atoms with Crippen LogP contribution in [-0.2, 0) is 47.2 Å². The number of hydrogen-bond acceptors (Lipinski definition) is 13. The molecule has 16 nitrogen and oxygen atoms in total. The molecule has 0 bridgehead atoms. The zero-order valence-corrected chi connectivity index (χ0v) is 38.5. The normalized spacial score (nSPS) is 12.2. The van der Waals surface area contributed by atoms with E-state index in [9.17, 15) is 24.0 Å². The molecule has 0 saturated heterocycles. The zero-order chi connectivity index (χ0) is 45.2. The second-order valence-electron chi connectivity index (χ2n) is 15.8. The van der Waals surface area contributed by atoms with Gasteiger partial charge in [-0.3, -0.25) is 24.0 Å². The first-order valence-electron chi connectivity index (χ1n) is 21.2. The highest BCUT2D eigenvalue weighted by molar-refractivity contribution is 7.95. The second kappa shape index (κ2) is 34.3. The molecule has 0 spiro atoms. The maximum absolute atomic E-state index is 13.6. The van der Waals surface area contributed by atoms with Gasteiger partial charge in [0.25, 0.3) is 0 Å². The number of hydrogen-bond donors (Lipinski definition) is 5. The highest BCUT2D eigenvalue weighted by Gasteiger charge is 2.33. The van der Waals surface area contributed by atoms with Gasteiger partial charge in [-0.1, -0.05) is 25.7 Å². The molecule has 0 radical (unpaired) electrons. The van der Waals surface area contributed by atoms with Crippen molar-refractivity contribution in [2.45, 2.75) is 154 Å².